The van der Waals surface area contributed by atoms with Gasteiger partial charge in [0, 0.05) is 5.69 Å². The zero-order valence-corrected chi connectivity index (χ0v) is 16.6. The molecule has 10 heteroatoms. The molecule has 1 atom stereocenters. The third kappa shape index (κ3) is 5.13. The Labute approximate surface area is 165 Å². The first kappa shape index (κ1) is 19.5. The van der Waals surface area contributed by atoms with Crippen molar-refractivity contribution in [2.24, 2.45) is 5.14 Å². The van der Waals surface area contributed by atoms with Crippen molar-refractivity contribution >= 4 is 44.7 Å². The molecule has 0 aliphatic carbocycles. The van der Waals surface area contributed by atoms with Crippen molar-refractivity contribution in [3.8, 4) is 0 Å². The Bertz CT molecular complexity index is 1030. The quantitative estimate of drug-likeness (QED) is 0.593. The van der Waals surface area contributed by atoms with Crippen LogP contribution in [0.15, 0.2) is 63.8 Å². The largest absolute Gasteiger partial charge is 0.325 e. The third-order valence-electron chi connectivity index (χ3n) is 3.52. The van der Waals surface area contributed by atoms with Crippen LogP contribution in [0.1, 0.15) is 15.8 Å². The number of aryl methyl sites for hydroxylation is 1. The summed E-state index contributed by atoms with van der Waals surface area (Å²) in [5, 5.41) is 16.3. The van der Waals surface area contributed by atoms with Gasteiger partial charge in [-0.25, -0.2) is 13.6 Å². The van der Waals surface area contributed by atoms with E-state index >= 15 is 0 Å². The van der Waals surface area contributed by atoms with Crippen LogP contribution in [0.3, 0.4) is 0 Å². The number of anilines is 1. The molecule has 0 radical (unpaired) electrons. The normalized spacial score (nSPS) is 12.5. The van der Waals surface area contributed by atoms with Gasteiger partial charge in [0.05, 0.1) is 4.90 Å². The van der Waals surface area contributed by atoms with E-state index in [-0.39, 0.29) is 10.8 Å². The van der Waals surface area contributed by atoms with Crippen molar-refractivity contribution in [2.45, 2.75) is 21.4 Å². The fourth-order valence-electron chi connectivity index (χ4n) is 2.26. The number of nitrogens with one attached hydrogen (secondary N) is 1. The van der Waals surface area contributed by atoms with Crippen LogP contribution in [0, 0.1) is 6.92 Å². The van der Waals surface area contributed by atoms with Gasteiger partial charge in [0.15, 0.2) is 4.34 Å². The van der Waals surface area contributed by atoms with Gasteiger partial charge in [0.25, 0.3) is 0 Å². The minimum atomic E-state index is -3.78. The number of carbonyl (C=O) groups excluding carboxylic acids is 1. The smallest absolute Gasteiger partial charge is 0.242 e. The van der Waals surface area contributed by atoms with Crippen LogP contribution < -0.4 is 10.5 Å². The molecule has 3 aromatic rings. The lowest BCUT2D eigenvalue weighted by atomic mass is 10.1. The second-order valence-corrected chi connectivity index (χ2v) is 9.65. The summed E-state index contributed by atoms with van der Waals surface area (Å²) in [6.07, 6.45) is 0. The maximum absolute atomic E-state index is 12.9. The molecule has 0 fully saturated rings. The molecular formula is C17H16N4O3S3. The number of nitrogens with zero attached hydrogens (tertiary/aromatic N) is 2. The van der Waals surface area contributed by atoms with Crippen LogP contribution in [-0.2, 0) is 14.8 Å². The van der Waals surface area contributed by atoms with Crippen molar-refractivity contribution in [1.29, 1.82) is 0 Å². The molecule has 1 unspecified atom stereocenters. The van der Waals surface area contributed by atoms with Crippen molar-refractivity contribution in [3.05, 3.63) is 65.2 Å². The van der Waals surface area contributed by atoms with Gasteiger partial charge in [-0.05, 0) is 36.8 Å². The molecule has 7 nitrogen and oxygen atoms in total. The highest BCUT2D eigenvalue weighted by molar-refractivity contribution is 8.01. The van der Waals surface area contributed by atoms with E-state index in [4.69, 9.17) is 5.14 Å². The number of carbonyl (C=O) groups is 1. The fraction of sp³-hybridized carbons (Fsp3) is 0.118. The third-order valence-corrected chi connectivity index (χ3v) is 6.62. The van der Waals surface area contributed by atoms with E-state index < -0.39 is 15.3 Å². The van der Waals surface area contributed by atoms with Crippen LogP contribution in [0.2, 0.25) is 0 Å². The number of hydrogen-bond donors (Lipinski definition) is 2. The molecule has 2 aromatic carbocycles. The molecule has 0 spiro atoms. The van der Waals surface area contributed by atoms with Gasteiger partial charge in [-0.15, -0.1) is 10.2 Å². The maximum atomic E-state index is 12.9. The van der Waals surface area contributed by atoms with E-state index in [9.17, 15) is 13.2 Å². The van der Waals surface area contributed by atoms with Crippen molar-refractivity contribution < 1.29 is 13.2 Å². The zero-order valence-electron chi connectivity index (χ0n) is 14.2. The molecule has 1 heterocycles. The predicted molar refractivity (Wildman–Crippen MR) is 106 cm³/mol. The van der Waals surface area contributed by atoms with E-state index in [1.807, 2.05) is 37.3 Å². The van der Waals surface area contributed by atoms with Crippen molar-refractivity contribution in [3.63, 3.8) is 0 Å². The molecule has 0 aliphatic rings. The Morgan fingerprint density at radius 1 is 1.11 bits per heavy atom. The van der Waals surface area contributed by atoms with Gasteiger partial charge in [0.2, 0.25) is 15.9 Å². The average Bonchev–Trinajstić information content (AvgIpc) is 3.05. The van der Waals surface area contributed by atoms with Crippen LogP contribution in [0.4, 0.5) is 5.69 Å². The first-order valence-corrected chi connectivity index (χ1v) is 11.0. The molecule has 3 rings (SSSR count). The maximum Gasteiger partial charge on any atom is 0.242 e. The molecule has 0 saturated heterocycles. The lowest BCUT2D eigenvalue weighted by molar-refractivity contribution is -0.115. The number of benzene rings is 2. The van der Waals surface area contributed by atoms with E-state index in [0.29, 0.717) is 10.0 Å². The Morgan fingerprint density at radius 3 is 2.33 bits per heavy atom. The summed E-state index contributed by atoms with van der Waals surface area (Å²) >= 11 is 2.73. The van der Waals surface area contributed by atoms with Crippen molar-refractivity contribution in [2.75, 3.05) is 5.32 Å². The Kier molecular flexibility index (Phi) is 5.90. The first-order valence-electron chi connectivity index (χ1n) is 7.78. The molecule has 0 aliphatic heterocycles. The summed E-state index contributed by atoms with van der Waals surface area (Å²) in [5.74, 6) is -0.248. The molecule has 3 N–H and O–H groups in total. The highest BCUT2D eigenvalue weighted by Gasteiger charge is 2.24. The first-order chi connectivity index (χ1) is 12.8. The van der Waals surface area contributed by atoms with E-state index in [1.54, 1.807) is 0 Å². The van der Waals surface area contributed by atoms with E-state index in [1.165, 1.54) is 47.4 Å². The van der Waals surface area contributed by atoms with Gasteiger partial charge < -0.3 is 5.32 Å². The lowest BCUT2D eigenvalue weighted by Gasteiger charge is -2.15. The molecule has 27 heavy (non-hydrogen) atoms. The highest BCUT2D eigenvalue weighted by atomic mass is 32.2. The number of aromatic nitrogens is 2. The monoisotopic (exact) mass is 420 g/mol. The van der Waals surface area contributed by atoms with E-state index in [0.717, 1.165) is 10.6 Å². The molecule has 1 aromatic heterocycles. The lowest BCUT2D eigenvalue weighted by Crippen LogP contribution is -2.19. The highest BCUT2D eigenvalue weighted by Crippen LogP contribution is 2.37. The minimum Gasteiger partial charge on any atom is -0.325 e. The molecule has 0 saturated carbocycles. The van der Waals surface area contributed by atoms with Crippen molar-refractivity contribution in [1.82, 2.24) is 10.2 Å². The summed E-state index contributed by atoms with van der Waals surface area (Å²) in [6.45, 7) is 1.85. The minimum absolute atomic E-state index is 0.0150. The fourth-order valence-corrected chi connectivity index (χ4v) is 4.79. The number of hydrogen-bond acceptors (Lipinski definition) is 7. The van der Waals surface area contributed by atoms with Crippen LogP contribution in [0.5, 0.6) is 0 Å². The second kappa shape index (κ2) is 8.17. The SMILES string of the molecule is Cc1nnc(SC(C(=O)Nc2ccc(S(N)(=O)=O)cc2)c2ccccc2)s1. The number of sulfonamides is 1. The van der Waals surface area contributed by atoms with Gasteiger partial charge in [-0.1, -0.05) is 53.4 Å². The summed E-state index contributed by atoms with van der Waals surface area (Å²) in [7, 11) is -3.78. The Hall–Kier alpha value is -2.27. The number of thioether (sulfide) groups is 1. The molecule has 140 valence electrons. The van der Waals surface area contributed by atoms with Crippen LogP contribution >= 0.6 is 23.1 Å². The summed E-state index contributed by atoms with van der Waals surface area (Å²) in [5.41, 5.74) is 1.30. The Morgan fingerprint density at radius 2 is 1.78 bits per heavy atom. The summed E-state index contributed by atoms with van der Waals surface area (Å²) < 4.78 is 23.4. The van der Waals surface area contributed by atoms with Gasteiger partial charge >= 0.3 is 0 Å². The predicted octanol–water partition coefficient (Wildman–Crippen LogP) is 2.97. The number of rotatable bonds is 6. The topological polar surface area (TPSA) is 115 Å². The molecular weight excluding hydrogens is 404 g/mol. The summed E-state index contributed by atoms with van der Waals surface area (Å²) in [6, 6.07) is 15.0. The zero-order chi connectivity index (χ0) is 19.4. The van der Waals surface area contributed by atoms with Gasteiger partial charge in [-0.3, -0.25) is 4.79 Å². The van der Waals surface area contributed by atoms with E-state index in [2.05, 4.69) is 15.5 Å². The molecule has 1 amide bonds. The Balaban J connectivity index is 1.82. The average molecular weight is 421 g/mol. The number of nitrogens with two attached hydrogens (primary N) is 1. The van der Waals surface area contributed by atoms with Crippen LogP contribution in [-0.4, -0.2) is 24.5 Å². The van der Waals surface area contributed by atoms with Gasteiger partial charge in [-0.2, -0.15) is 0 Å². The number of amides is 1. The standard InChI is InChI=1S/C17H16N4O3S3/c1-11-20-21-17(25-11)26-15(12-5-3-2-4-6-12)16(22)19-13-7-9-14(10-8-13)27(18,23)24/h2-10,15H,1H3,(H,19,22)(H2,18,23,24). The van der Waals surface area contributed by atoms with Gasteiger partial charge in [0.1, 0.15) is 10.3 Å². The second-order valence-electron chi connectivity index (χ2n) is 5.55. The summed E-state index contributed by atoms with van der Waals surface area (Å²) in [4.78, 5) is 12.9. The molecule has 0 bridgehead atoms. The van der Waals surface area contributed by atoms with Crippen LogP contribution in [0.25, 0.3) is 0 Å². The number of primary sulfonamides is 1.